The number of pyridine rings is 1. The topological polar surface area (TPSA) is 124 Å². The van der Waals surface area contributed by atoms with Crippen molar-refractivity contribution < 1.29 is 13.2 Å². The Labute approximate surface area is 196 Å². The first-order chi connectivity index (χ1) is 16.7. The fraction of sp³-hybridized carbons (Fsp3) is 0.0833. The highest BCUT2D eigenvalue weighted by atomic mass is 19.4. The summed E-state index contributed by atoms with van der Waals surface area (Å²) in [5, 5.41) is 17.7. The Balaban J connectivity index is 1.78. The van der Waals surface area contributed by atoms with Gasteiger partial charge in [0.25, 0.3) is 0 Å². The van der Waals surface area contributed by atoms with Crippen LogP contribution in [0, 0.1) is 18.3 Å². The average molecular weight is 474 g/mol. The molecule has 0 unspecified atom stereocenters. The minimum Gasteiger partial charge on any atom is -0.382 e. The van der Waals surface area contributed by atoms with Crippen molar-refractivity contribution in [2.24, 2.45) is 0 Å². The summed E-state index contributed by atoms with van der Waals surface area (Å²) in [5.74, 6) is 0.220. The molecule has 0 bridgehead atoms. The van der Waals surface area contributed by atoms with Crippen molar-refractivity contribution in [3.63, 3.8) is 0 Å². The maximum atomic E-state index is 13.4. The molecule has 5 aromatic rings. The predicted octanol–water partition coefficient (Wildman–Crippen LogP) is 4.61. The van der Waals surface area contributed by atoms with Crippen LogP contribution in [0.25, 0.3) is 33.7 Å². The van der Waals surface area contributed by atoms with Gasteiger partial charge >= 0.3 is 6.18 Å². The second-order valence-electron chi connectivity index (χ2n) is 7.88. The molecule has 0 aliphatic carbocycles. The molecule has 0 atom stereocenters. The van der Waals surface area contributed by atoms with E-state index in [1.165, 1.54) is 10.6 Å². The van der Waals surface area contributed by atoms with E-state index in [-0.39, 0.29) is 11.8 Å². The number of hydrogen-bond acceptors (Lipinski definition) is 6. The van der Waals surface area contributed by atoms with Crippen LogP contribution < -0.4 is 11.5 Å². The Morgan fingerprint density at radius 1 is 1.00 bits per heavy atom. The zero-order chi connectivity index (χ0) is 24.9. The molecule has 0 saturated carbocycles. The Morgan fingerprint density at radius 3 is 2.43 bits per heavy atom. The van der Waals surface area contributed by atoms with Gasteiger partial charge in [0.15, 0.2) is 5.65 Å². The number of nitriles is 1. The molecule has 11 heteroatoms. The summed E-state index contributed by atoms with van der Waals surface area (Å²) >= 11 is 0. The molecule has 3 heterocycles. The molecule has 174 valence electrons. The monoisotopic (exact) mass is 474 g/mol. The van der Waals surface area contributed by atoms with Crippen LogP contribution >= 0.6 is 0 Å². The SMILES string of the molecule is Cc1c(-c2cc(N)nn2-c2ccc(C#N)cc2)cn2nc(N)nc2c1-c1cccc(C(F)(F)F)c1. The van der Waals surface area contributed by atoms with Gasteiger partial charge in [-0.3, -0.25) is 0 Å². The van der Waals surface area contributed by atoms with Crippen LogP contribution in [-0.4, -0.2) is 24.4 Å². The molecule has 0 radical (unpaired) electrons. The lowest BCUT2D eigenvalue weighted by atomic mass is 9.95. The van der Waals surface area contributed by atoms with E-state index in [1.54, 1.807) is 54.2 Å². The molecule has 8 nitrogen and oxygen atoms in total. The number of anilines is 2. The number of halogens is 3. The highest BCUT2D eigenvalue weighted by Crippen LogP contribution is 2.38. The van der Waals surface area contributed by atoms with Gasteiger partial charge in [0.05, 0.1) is 28.6 Å². The molecule has 0 fully saturated rings. The quantitative estimate of drug-likeness (QED) is 0.394. The minimum atomic E-state index is -4.51. The highest BCUT2D eigenvalue weighted by Gasteiger charge is 2.31. The number of nitrogens with two attached hydrogens (primary N) is 2. The van der Waals surface area contributed by atoms with Gasteiger partial charge in [-0.2, -0.15) is 28.5 Å². The lowest BCUT2D eigenvalue weighted by Crippen LogP contribution is -2.06. The van der Waals surface area contributed by atoms with E-state index in [2.05, 4.69) is 21.3 Å². The second kappa shape index (κ2) is 7.88. The molecule has 2 aromatic carbocycles. The number of rotatable bonds is 3. The lowest BCUT2D eigenvalue weighted by Gasteiger charge is -2.16. The predicted molar refractivity (Wildman–Crippen MR) is 124 cm³/mol. The van der Waals surface area contributed by atoms with Gasteiger partial charge in [0, 0.05) is 23.4 Å². The Kier molecular flexibility index (Phi) is 4.94. The highest BCUT2D eigenvalue weighted by molar-refractivity contribution is 5.87. The van der Waals surface area contributed by atoms with E-state index in [9.17, 15) is 13.2 Å². The molecule has 5 rings (SSSR count). The van der Waals surface area contributed by atoms with Crippen molar-refractivity contribution in [2.45, 2.75) is 13.1 Å². The van der Waals surface area contributed by atoms with Gasteiger partial charge in [0.1, 0.15) is 5.82 Å². The van der Waals surface area contributed by atoms with E-state index in [1.807, 2.05) is 0 Å². The summed E-state index contributed by atoms with van der Waals surface area (Å²) in [7, 11) is 0. The summed E-state index contributed by atoms with van der Waals surface area (Å²) in [6, 6.07) is 15.5. The van der Waals surface area contributed by atoms with Gasteiger partial charge in [0.2, 0.25) is 5.95 Å². The van der Waals surface area contributed by atoms with Crippen LogP contribution in [0.1, 0.15) is 16.7 Å². The molecule has 0 aliphatic rings. The van der Waals surface area contributed by atoms with Crippen molar-refractivity contribution in [1.82, 2.24) is 24.4 Å². The number of nitrogens with zero attached hydrogens (tertiary/aromatic N) is 6. The van der Waals surface area contributed by atoms with E-state index >= 15 is 0 Å². The Hall–Kier alpha value is -4.85. The first-order valence-electron chi connectivity index (χ1n) is 10.4. The number of benzene rings is 2. The number of nitrogen functional groups attached to an aromatic ring is 2. The Morgan fingerprint density at radius 2 is 1.74 bits per heavy atom. The van der Waals surface area contributed by atoms with E-state index in [4.69, 9.17) is 16.7 Å². The van der Waals surface area contributed by atoms with Crippen molar-refractivity contribution in [3.05, 3.63) is 77.5 Å². The van der Waals surface area contributed by atoms with Crippen LogP contribution in [0.5, 0.6) is 0 Å². The van der Waals surface area contributed by atoms with E-state index in [0.717, 1.165) is 12.1 Å². The van der Waals surface area contributed by atoms with Crippen molar-refractivity contribution in [3.8, 4) is 34.1 Å². The molecule has 0 amide bonds. The van der Waals surface area contributed by atoms with Gasteiger partial charge in [-0.05, 0) is 54.4 Å². The molecule has 0 saturated heterocycles. The molecule has 35 heavy (non-hydrogen) atoms. The van der Waals surface area contributed by atoms with Crippen LogP contribution in [0.4, 0.5) is 24.9 Å². The first-order valence-corrected chi connectivity index (χ1v) is 10.4. The summed E-state index contributed by atoms with van der Waals surface area (Å²) in [4.78, 5) is 4.25. The minimum absolute atomic E-state index is 0.0186. The third-order valence-electron chi connectivity index (χ3n) is 5.63. The summed E-state index contributed by atoms with van der Waals surface area (Å²) < 4.78 is 43.4. The molecule has 0 aliphatic heterocycles. The molecule has 4 N–H and O–H groups in total. The average Bonchev–Trinajstić information content (AvgIpc) is 3.39. The normalized spacial score (nSPS) is 11.6. The van der Waals surface area contributed by atoms with Crippen molar-refractivity contribution >= 4 is 17.4 Å². The third kappa shape index (κ3) is 3.80. The van der Waals surface area contributed by atoms with Gasteiger partial charge in [-0.25, -0.2) is 9.20 Å². The summed E-state index contributed by atoms with van der Waals surface area (Å²) in [6.07, 6.45) is -2.82. The zero-order valence-electron chi connectivity index (χ0n) is 18.2. The van der Waals surface area contributed by atoms with Crippen LogP contribution in [-0.2, 0) is 6.18 Å². The largest absolute Gasteiger partial charge is 0.416 e. The lowest BCUT2D eigenvalue weighted by molar-refractivity contribution is -0.137. The standard InChI is InChI=1S/C24H17F3N8/c1-13-18(19-10-20(29)32-35(19)17-7-5-14(11-28)6-8-17)12-34-22(31-23(30)33-34)21(13)15-3-2-4-16(9-15)24(25,26)27/h2-10,12H,1H3,(H2,29,32)(H2,30,33). The maximum absolute atomic E-state index is 13.4. The zero-order valence-corrected chi connectivity index (χ0v) is 18.2. The number of fused-ring (bicyclic) bond motifs is 1. The van der Waals surface area contributed by atoms with E-state index < -0.39 is 11.7 Å². The summed E-state index contributed by atoms with van der Waals surface area (Å²) in [6.45, 7) is 1.78. The van der Waals surface area contributed by atoms with Crippen LogP contribution in [0.15, 0.2) is 60.8 Å². The van der Waals surface area contributed by atoms with Gasteiger partial charge in [-0.1, -0.05) is 12.1 Å². The van der Waals surface area contributed by atoms with Crippen LogP contribution in [0.2, 0.25) is 0 Å². The van der Waals surface area contributed by atoms with E-state index in [0.29, 0.717) is 44.8 Å². The molecule has 0 spiro atoms. The molecular weight excluding hydrogens is 457 g/mol. The molecular formula is C24H17F3N8. The van der Waals surface area contributed by atoms with Crippen molar-refractivity contribution in [2.75, 3.05) is 11.5 Å². The maximum Gasteiger partial charge on any atom is 0.416 e. The third-order valence-corrected chi connectivity index (χ3v) is 5.63. The smallest absolute Gasteiger partial charge is 0.382 e. The molecule has 3 aromatic heterocycles. The fourth-order valence-electron chi connectivity index (χ4n) is 4.04. The fourth-order valence-corrected chi connectivity index (χ4v) is 4.04. The number of alkyl halides is 3. The summed E-state index contributed by atoms with van der Waals surface area (Å²) in [5.41, 5.74) is 15.1. The second-order valence-corrected chi connectivity index (χ2v) is 7.88. The van der Waals surface area contributed by atoms with Gasteiger partial charge in [-0.15, -0.1) is 5.10 Å². The van der Waals surface area contributed by atoms with Crippen LogP contribution in [0.3, 0.4) is 0 Å². The first kappa shape index (κ1) is 22.0. The van der Waals surface area contributed by atoms with Crippen molar-refractivity contribution in [1.29, 1.82) is 5.26 Å². The number of hydrogen-bond donors (Lipinski definition) is 2. The Bertz CT molecular complexity index is 1620. The number of aromatic nitrogens is 5. The van der Waals surface area contributed by atoms with Gasteiger partial charge < -0.3 is 11.5 Å².